The van der Waals surface area contributed by atoms with Crippen molar-refractivity contribution in [1.29, 1.82) is 0 Å². The minimum absolute atomic E-state index is 0.0533. The standard InChI is InChI=1S/C15H23NO/c1-15(2,3)16-10-14(17)13-8-7-11-5-4-6-12(11)9-13/h7-9,14,16-17H,4-6,10H2,1-3H3/t14-/m0/s1. The maximum Gasteiger partial charge on any atom is 0.0914 e. The molecule has 1 aliphatic rings. The van der Waals surface area contributed by atoms with Crippen LogP contribution in [0.25, 0.3) is 0 Å². The lowest BCUT2D eigenvalue weighted by Crippen LogP contribution is -2.38. The predicted molar refractivity (Wildman–Crippen MR) is 71.2 cm³/mol. The van der Waals surface area contributed by atoms with Gasteiger partial charge < -0.3 is 10.4 Å². The summed E-state index contributed by atoms with van der Waals surface area (Å²) in [6.07, 6.45) is 3.23. The van der Waals surface area contributed by atoms with Crippen molar-refractivity contribution in [3.63, 3.8) is 0 Å². The number of hydrogen-bond acceptors (Lipinski definition) is 2. The molecule has 2 rings (SSSR count). The monoisotopic (exact) mass is 233 g/mol. The number of hydrogen-bond donors (Lipinski definition) is 2. The van der Waals surface area contributed by atoms with Crippen LogP contribution in [0.15, 0.2) is 18.2 Å². The van der Waals surface area contributed by atoms with E-state index in [-0.39, 0.29) is 5.54 Å². The summed E-state index contributed by atoms with van der Waals surface area (Å²) in [4.78, 5) is 0. The lowest BCUT2D eigenvalue weighted by atomic mass is 10.0. The highest BCUT2D eigenvalue weighted by Crippen LogP contribution is 2.25. The van der Waals surface area contributed by atoms with Gasteiger partial charge in [0, 0.05) is 12.1 Å². The molecule has 2 nitrogen and oxygen atoms in total. The molecule has 2 N–H and O–H groups in total. The average Bonchev–Trinajstić information content (AvgIpc) is 2.71. The second-order valence-corrected chi connectivity index (χ2v) is 6.03. The van der Waals surface area contributed by atoms with Gasteiger partial charge in [0.1, 0.15) is 0 Å². The van der Waals surface area contributed by atoms with Crippen molar-refractivity contribution in [2.75, 3.05) is 6.54 Å². The summed E-state index contributed by atoms with van der Waals surface area (Å²) >= 11 is 0. The highest BCUT2D eigenvalue weighted by Gasteiger charge is 2.16. The Labute approximate surface area is 104 Å². The molecule has 0 radical (unpaired) electrons. The number of aliphatic hydroxyl groups is 1. The van der Waals surface area contributed by atoms with E-state index in [1.807, 2.05) is 0 Å². The van der Waals surface area contributed by atoms with Gasteiger partial charge >= 0.3 is 0 Å². The number of nitrogens with one attached hydrogen (secondary N) is 1. The van der Waals surface area contributed by atoms with Crippen LogP contribution in [-0.2, 0) is 12.8 Å². The summed E-state index contributed by atoms with van der Waals surface area (Å²) in [5, 5.41) is 13.5. The van der Waals surface area contributed by atoms with E-state index in [0.29, 0.717) is 6.54 Å². The Bertz CT molecular complexity index is 392. The zero-order chi connectivity index (χ0) is 12.5. The van der Waals surface area contributed by atoms with E-state index >= 15 is 0 Å². The van der Waals surface area contributed by atoms with Crippen LogP contribution in [0.2, 0.25) is 0 Å². The molecule has 1 atom stereocenters. The molecule has 2 heteroatoms. The average molecular weight is 233 g/mol. The van der Waals surface area contributed by atoms with Crippen LogP contribution in [0.1, 0.15) is 50.0 Å². The van der Waals surface area contributed by atoms with E-state index in [0.717, 1.165) is 5.56 Å². The van der Waals surface area contributed by atoms with E-state index in [1.165, 1.54) is 30.4 Å². The van der Waals surface area contributed by atoms with Gasteiger partial charge in [-0.25, -0.2) is 0 Å². The van der Waals surface area contributed by atoms with Crippen LogP contribution in [0.3, 0.4) is 0 Å². The Morgan fingerprint density at radius 2 is 1.94 bits per heavy atom. The van der Waals surface area contributed by atoms with Crippen LogP contribution in [0.4, 0.5) is 0 Å². The largest absolute Gasteiger partial charge is 0.387 e. The first-order chi connectivity index (χ1) is 7.96. The molecule has 0 bridgehead atoms. The minimum atomic E-state index is -0.403. The zero-order valence-corrected chi connectivity index (χ0v) is 11.1. The lowest BCUT2D eigenvalue weighted by molar-refractivity contribution is 0.163. The Morgan fingerprint density at radius 3 is 2.65 bits per heavy atom. The lowest BCUT2D eigenvalue weighted by Gasteiger charge is -2.23. The van der Waals surface area contributed by atoms with Crippen molar-refractivity contribution in [1.82, 2.24) is 5.32 Å². The maximum absolute atomic E-state index is 10.2. The smallest absolute Gasteiger partial charge is 0.0914 e. The van der Waals surface area contributed by atoms with E-state index < -0.39 is 6.10 Å². The van der Waals surface area contributed by atoms with E-state index in [1.54, 1.807) is 0 Å². The Hall–Kier alpha value is -0.860. The molecule has 17 heavy (non-hydrogen) atoms. The molecule has 0 saturated carbocycles. The molecule has 0 saturated heterocycles. The van der Waals surface area contributed by atoms with Gasteiger partial charge in [-0.2, -0.15) is 0 Å². The molecule has 0 amide bonds. The van der Waals surface area contributed by atoms with Crippen LogP contribution in [0, 0.1) is 0 Å². The minimum Gasteiger partial charge on any atom is -0.387 e. The Kier molecular flexibility index (Phi) is 3.55. The van der Waals surface area contributed by atoms with Crippen LogP contribution < -0.4 is 5.32 Å². The normalized spacial score (nSPS) is 16.9. The molecule has 1 aromatic carbocycles. The van der Waals surface area contributed by atoms with Crippen molar-refractivity contribution in [2.24, 2.45) is 0 Å². The first-order valence-corrected chi connectivity index (χ1v) is 6.50. The third-order valence-corrected chi connectivity index (χ3v) is 3.33. The summed E-state index contributed by atoms with van der Waals surface area (Å²) < 4.78 is 0. The number of aryl methyl sites for hydroxylation is 2. The van der Waals surface area contributed by atoms with Gasteiger partial charge in [0.25, 0.3) is 0 Å². The van der Waals surface area contributed by atoms with Crippen LogP contribution in [0.5, 0.6) is 0 Å². The first kappa shape index (κ1) is 12.6. The highest BCUT2D eigenvalue weighted by molar-refractivity contribution is 5.36. The highest BCUT2D eigenvalue weighted by atomic mass is 16.3. The third-order valence-electron chi connectivity index (χ3n) is 3.33. The summed E-state index contributed by atoms with van der Waals surface area (Å²) in [5.41, 5.74) is 3.99. The van der Waals surface area contributed by atoms with Gasteiger partial charge in [-0.15, -0.1) is 0 Å². The van der Waals surface area contributed by atoms with E-state index in [2.05, 4.69) is 44.3 Å². The van der Waals surface area contributed by atoms with Gasteiger partial charge in [0.05, 0.1) is 6.10 Å². The summed E-state index contributed by atoms with van der Waals surface area (Å²) in [6, 6.07) is 6.43. The Balaban J connectivity index is 2.02. The molecule has 94 valence electrons. The second kappa shape index (κ2) is 4.79. The molecule has 0 aromatic heterocycles. The predicted octanol–water partition coefficient (Wildman–Crippen LogP) is 2.60. The third kappa shape index (κ3) is 3.30. The van der Waals surface area contributed by atoms with Crippen LogP contribution in [-0.4, -0.2) is 17.2 Å². The quantitative estimate of drug-likeness (QED) is 0.841. The van der Waals surface area contributed by atoms with Crippen molar-refractivity contribution < 1.29 is 5.11 Å². The van der Waals surface area contributed by atoms with Crippen molar-refractivity contribution >= 4 is 0 Å². The Morgan fingerprint density at radius 1 is 1.24 bits per heavy atom. The molecule has 0 aliphatic heterocycles. The number of aliphatic hydroxyl groups excluding tert-OH is 1. The molecule has 1 aromatic rings. The zero-order valence-electron chi connectivity index (χ0n) is 11.1. The van der Waals surface area contributed by atoms with E-state index in [4.69, 9.17) is 0 Å². The summed E-state index contributed by atoms with van der Waals surface area (Å²) in [5.74, 6) is 0. The van der Waals surface area contributed by atoms with Crippen molar-refractivity contribution in [2.45, 2.75) is 51.7 Å². The van der Waals surface area contributed by atoms with Gasteiger partial charge in [0.15, 0.2) is 0 Å². The first-order valence-electron chi connectivity index (χ1n) is 6.50. The number of fused-ring (bicyclic) bond motifs is 1. The fraction of sp³-hybridized carbons (Fsp3) is 0.600. The summed E-state index contributed by atoms with van der Waals surface area (Å²) in [6.45, 7) is 6.95. The molecule has 0 unspecified atom stereocenters. The number of β-amino-alcohol motifs (C(OH)–C–C–N with tert-alkyl or cyclic N) is 1. The second-order valence-electron chi connectivity index (χ2n) is 6.03. The topological polar surface area (TPSA) is 32.3 Å². The van der Waals surface area contributed by atoms with Gasteiger partial charge in [-0.3, -0.25) is 0 Å². The fourth-order valence-electron chi connectivity index (χ4n) is 2.32. The van der Waals surface area contributed by atoms with Crippen molar-refractivity contribution in [3.05, 3.63) is 34.9 Å². The maximum atomic E-state index is 10.2. The fourth-order valence-corrected chi connectivity index (χ4v) is 2.32. The van der Waals surface area contributed by atoms with Crippen LogP contribution >= 0.6 is 0 Å². The molecule has 0 spiro atoms. The molecule has 0 fully saturated rings. The van der Waals surface area contributed by atoms with Gasteiger partial charge in [0.2, 0.25) is 0 Å². The number of rotatable bonds is 3. The number of benzene rings is 1. The molecular formula is C15H23NO. The van der Waals surface area contributed by atoms with Gasteiger partial charge in [-0.1, -0.05) is 18.2 Å². The SMILES string of the molecule is CC(C)(C)NC[C@H](O)c1ccc2c(c1)CCC2. The van der Waals surface area contributed by atoms with Crippen molar-refractivity contribution in [3.8, 4) is 0 Å². The van der Waals surface area contributed by atoms with E-state index in [9.17, 15) is 5.11 Å². The molecule has 0 heterocycles. The molecule has 1 aliphatic carbocycles. The molecular weight excluding hydrogens is 210 g/mol. The van der Waals surface area contributed by atoms with Gasteiger partial charge in [-0.05, 0) is 56.7 Å². The summed E-state index contributed by atoms with van der Waals surface area (Å²) in [7, 11) is 0.